The predicted octanol–water partition coefficient (Wildman–Crippen LogP) is 0.895. The fraction of sp³-hybridized carbons (Fsp3) is 0.545. The van der Waals surface area contributed by atoms with Crippen LogP contribution in [0, 0.1) is 0 Å². The minimum atomic E-state index is -0.450. The molecule has 0 radical (unpaired) electrons. The van der Waals surface area contributed by atoms with Gasteiger partial charge in [0.15, 0.2) is 0 Å². The third-order valence-electron chi connectivity index (χ3n) is 2.16. The molecule has 0 saturated heterocycles. The van der Waals surface area contributed by atoms with Gasteiger partial charge in [-0.15, -0.1) is 0 Å². The summed E-state index contributed by atoms with van der Waals surface area (Å²) in [6.07, 6.45) is 2.06. The van der Waals surface area contributed by atoms with Crippen LogP contribution in [0.2, 0.25) is 0 Å². The Morgan fingerprint density at radius 1 is 1.50 bits per heavy atom. The van der Waals surface area contributed by atoms with Gasteiger partial charge in [-0.1, -0.05) is 0 Å². The fourth-order valence-electron chi connectivity index (χ4n) is 1.29. The summed E-state index contributed by atoms with van der Waals surface area (Å²) in [5.41, 5.74) is 5.38. The second-order valence-corrected chi connectivity index (χ2v) is 3.43. The van der Waals surface area contributed by atoms with Crippen molar-refractivity contribution in [2.24, 2.45) is 5.73 Å². The maximum Gasteiger partial charge on any atom is 0.373 e. The molecule has 90 valence electrons. The first-order chi connectivity index (χ1) is 7.77. The van der Waals surface area contributed by atoms with Crippen molar-refractivity contribution in [1.82, 2.24) is 5.32 Å². The summed E-state index contributed by atoms with van der Waals surface area (Å²) in [6.45, 7) is 2.22. The van der Waals surface area contributed by atoms with E-state index in [-0.39, 0.29) is 5.76 Å². The molecule has 5 heteroatoms. The monoisotopic (exact) mass is 226 g/mol. The minimum absolute atomic E-state index is 0.237. The third kappa shape index (κ3) is 4.04. The number of esters is 1. The van der Waals surface area contributed by atoms with Crippen molar-refractivity contribution in [3.8, 4) is 0 Å². The first-order valence-electron chi connectivity index (χ1n) is 5.35. The molecule has 5 nitrogen and oxygen atoms in total. The van der Waals surface area contributed by atoms with Gasteiger partial charge in [0.1, 0.15) is 5.76 Å². The molecule has 1 heterocycles. The highest BCUT2D eigenvalue weighted by Crippen LogP contribution is 2.08. The molecule has 0 amide bonds. The Hall–Kier alpha value is -1.33. The van der Waals surface area contributed by atoms with Crippen LogP contribution in [0.3, 0.4) is 0 Å². The Morgan fingerprint density at radius 3 is 3.00 bits per heavy atom. The first-order valence-corrected chi connectivity index (χ1v) is 5.35. The van der Waals surface area contributed by atoms with Gasteiger partial charge in [0, 0.05) is 0 Å². The molecule has 0 aliphatic rings. The van der Waals surface area contributed by atoms with Gasteiger partial charge in [-0.2, -0.15) is 0 Å². The summed E-state index contributed by atoms with van der Waals surface area (Å²) in [6, 6.07) is 3.38. The summed E-state index contributed by atoms with van der Waals surface area (Å²) in [7, 11) is 1.33. The standard InChI is InChI=1S/C11H18N2O3/c1-15-11(14)10-5-4-9(16-10)8-13-7-3-2-6-12/h4-5,13H,2-3,6-8,12H2,1H3. The van der Waals surface area contributed by atoms with E-state index in [2.05, 4.69) is 10.1 Å². The van der Waals surface area contributed by atoms with Gasteiger partial charge in [-0.05, 0) is 38.1 Å². The second-order valence-electron chi connectivity index (χ2n) is 3.43. The minimum Gasteiger partial charge on any atom is -0.463 e. The van der Waals surface area contributed by atoms with Gasteiger partial charge in [0.05, 0.1) is 13.7 Å². The number of nitrogens with one attached hydrogen (secondary N) is 1. The van der Waals surface area contributed by atoms with Crippen LogP contribution in [0.25, 0.3) is 0 Å². The molecule has 0 aliphatic heterocycles. The van der Waals surface area contributed by atoms with E-state index < -0.39 is 5.97 Å². The van der Waals surface area contributed by atoms with Crippen molar-refractivity contribution in [2.45, 2.75) is 19.4 Å². The lowest BCUT2D eigenvalue weighted by atomic mass is 10.3. The molecule has 0 spiro atoms. The predicted molar refractivity (Wildman–Crippen MR) is 60.0 cm³/mol. The van der Waals surface area contributed by atoms with Crippen LogP contribution in [0.4, 0.5) is 0 Å². The van der Waals surface area contributed by atoms with E-state index in [0.29, 0.717) is 6.54 Å². The van der Waals surface area contributed by atoms with Crippen molar-refractivity contribution in [1.29, 1.82) is 0 Å². The number of unbranched alkanes of at least 4 members (excludes halogenated alkanes) is 1. The van der Waals surface area contributed by atoms with Gasteiger partial charge >= 0.3 is 5.97 Å². The van der Waals surface area contributed by atoms with Crippen LogP contribution in [0.5, 0.6) is 0 Å². The normalized spacial score (nSPS) is 10.4. The van der Waals surface area contributed by atoms with Crippen molar-refractivity contribution < 1.29 is 13.9 Å². The van der Waals surface area contributed by atoms with Crippen molar-refractivity contribution in [2.75, 3.05) is 20.2 Å². The van der Waals surface area contributed by atoms with E-state index in [0.717, 1.165) is 31.7 Å². The first kappa shape index (κ1) is 12.7. The highest BCUT2D eigenvalue weighted by molar-refractivity contribution is 5.86. The van der Waals surface area contributed by atoms with E-state index in [1.165, 1.54) is 7.11 Å². The van der Waals surface area contributed by atoms with Crippen LogP contribution in [0.1, 0.15) is 29.2 Å². The molecule has 3 N–H and O–H groups in total. The average Bonchev–Trinajstić information content (AvgIpc) is 2.76. The SMILES string of the molecule is COC(=O)c1ccc(CNCCCCN)o1. The molecular weight excluding hydrogens is 208 g/mol. The molecule has 0 atom stereocenters. The molecular formula is C11H18N2O3. The molecule has 0 saturated carbocycles. The lowest BCUT2D eigenvalue weighted by molar-refractivity contribution is 0.0563. The summed E-state index contributed by atoms with van der Waals surface area (Å²) in [5.74, 6) is 0.517. The zero-order valence-corrected chi connectivity index (χ0v) is 9.49. The number of ether oxygens (including phenoxy) is 1. The highest BCUT2D eigenvalue weighted by atomic mass is 16.5. The van der Waals surface area contributed by atoms with E-state index in [1.807, 2.05) is 0 Å². The number of carbonyl (C=O) groups excluding carboxylic acids is 1. The van der Waals surface area contributed by atoms with E-state index in [4.69, 9.17) is 10.2 Å². The summed E-state index contributed by atoms with van der Waals surface area (Å²) < 4.78 is 9.82. The molecule has 0 aliphatic carbocycles. The molecule has 0 unspecified atom stereocenters. The number of nitrogens with two attached hydrogens (primary N) is 1. The number of hydrogen-bond donors (Lipinski definition) is 2. The number of hydrogen-bond acceptors (Lipinski definition) is 5. The topological polar surface area (TPSA) is 77.5 Å². The Kier molecular flexibility index (Phi) is 5.60. The Bertz CT molecular complexity index is 323. The van der Waals surface area contributed by atoms with Crippen LogP contribution < -0.4 is 11.1 Å². The number of carbonyl (C=O) groups is 1. The Morgan fingerprint density at radius 2 is 2.31 bits per heavy atom. The quantitative estimate of drug-likeness (QED) is 0.533. The second kappa shape index (κ2) is 7.03. The number of methoxy groups -OCH3 is 1. The van der Waals surface area contributed by atoms with Crippen molar-refractivity contribution in [3.05, 3.63) is 23.7 Å². The zero-order chi connectivity index (χ0) is 11.8. The molecule has 1 rings (SSSR count). The summed E-state index contributed by atoms with van der Waals surface area (Å²) in [4.78, 5) is 11.1. The van der Waals surface area contributed by atoms with Crippen LogP contribution in [-0.4, -0.2) is 26.2 Å². The molecule has 1 aromatic rings. The summed E-state index contributed by atoms with van der Waals surface area (Å²) >= 11 is 0. The van der Waals surface area contributed by atoms with Gasteiger partial charge in [-0.3, -0.25) is 0 Å². The molecule has 16 heavy (non-hydrogen) atoms. The van der Waals surface area contributed by atoms with Gasteiger partial charge in [0.2, 0.25) is 5.76 Å². The Balaban J connectivity index is 2.27. The largest absolute Gasteiger partial charge is 0.463 e. The number of rotatable bonds is 7. The molecule has 0 fully saturated rings. The van der Waals surface area contributed by atoms with Crippen molar-refractivity contribution in [3.63, 3.8) is 0 Å². The van der Waals surface area contributed by atoms with Gasteiger partial charge < -0.3 is 20.2 Å². The maximum absolute atomic E-state index is 11.1. The molecule has 0 bridgehead atoms. The zero-order valence-electron chi connectivity index (χ0n) is 9.49. The van der Waals surface area contributed by atoms with Crippen LogP contribution in [-0.2, 0) is 11.3 Å². The molecule has 1 aromatic heterocycles. The van der Waals surface area contributed by atoms with Gasteiger partial charge in [-0.25, -0.2) is 4.79 Å². The average molecular weight is 226 g/mol. The van der Waals surface area contributed by atoms with E-state index in [1.54, 1.807) is 12.1 Å². The smallest absolute Gasteiger partial charge is 0.373 e. The summed E-state index contributed by atoms with van der Waals surface area (Å²) in [5, 5.41) is 3.21. The lowest BCUT2D eigenvalue weighted by Gasteiger charge is -2.01. The lowest BCUT2D eigenvalue weighted by Crippen LogP contribution is -2.15. The Labute approximate surface area is 94.9 Å². The van der Waals surface area contributed by atoms with Crippen LogP contribution in [0.15, 0.2) is 16.5 Å². The van der Waals surface area contributed by atoms with E-state index >= 15 is 0 Å². The third-order valence-corrected chi connectivity index (χ3v) is 2.16. The van der Waals surface area contributed by atoms with Crippen LogP contribution >= 0.6 is 0 Å². The molecule has 0 aromatic carbocycles. The highest BCUT2D eigenvalue weighted by Gasteiger charge is 2.10. The van der Waals surface area contributed by atoms with Crippen molar-refractivity contribution >= 4 is 5.97 Å². The number of furan rings is 1. The van der Waals surface area contributed by atoms with E-state index in [9.17, 15) is 4.79 Å². The maximum atomic E-state index is 11.1. The fourth-order valence-corrected chi connectivity index (χ4v) is 1.29. The van der Waals surface area contributed by atoms with Gasteiger partial charge in [0.25, 0.3) is 0 Å².